The van der Waals surface area contributed by atoms with Crippen molar-refractivity contribution in [3.8, 4) is 11.6 Å². The second-order valence-electron chi connectivity index (χ2n) is 6.47. The van der Waals surface area contributed by atoms with Crippen LogP contribution in [0.1, 0.15) is 23.9 Å². The number of aliphatic imine (C=N–C) groups is 1. The van der Waals surface area contributed by atoms with E-state index in [0.717, 1.165) is 17.7 Å². The summed E-state index contributed by atoms with van der Waals surface area (Å²) < 4.78 is 43.1. The van der Waals surface area contributed by atoms with Crippen LogP contribution in [0.15, 0.2) is 52.1 Å². The van der Waals surface area contributed by atoms with E-state index in [1.807, 2.05) is 6.92 Å². The summed E-state index contributed by atoms with van der Waals surface area (Å²) in [5.41, 5.74) is 0.176. The number of aromatic nitrogens is 3. The van der Waals surface area contributed by atoms with Gasteiger partial charge in [0.1, 0.15) is 5.82 Å². The average molecular weight is 420 g/mol. The normalized spacial score (nSPS) is 12.2. The zero-order valence-electron chi connectivity index (χ0n) is 16.5. The van der Waals surface area contributed by atoms with E-state index < -0.39 is 11.7 Å². The molecule has 0 aliphatic carbocycles. The molecule has 7 nitrogen and oxygen atoms in total. The maximum Gasteiger partial charge on any atom is 0.416 e. The lowest BCUT2D eigenvalue weighted by atomic mass is 10.1. The van der Waals surface area contributed by atoms with E-state index in [2.05, 4.69) is 30.8 Å². The highest BCUT2D eigenvalue weighted by atomic mass is 19.4. The minimum Gasteiger partial charge on any atom is -0.461 e. The van der Waals surface area contributed by atoms with E-state index in [1.165, 1.54) is 12.1 Å². The van der Waals surface area contributed by atoms with Crippen molar-refractivity contribution in [3.05, 3.63) is 59.6 Å². The molecule has 0 unspecified atom stereocenters. The molecule has 0 radical (unpaired) electrons. The zero-order chi connectivity index (χ0) is 21.4. The Morgan fingerprint density at radius 1 is 1.13 bits per heavy atom. The van der Waals surface area contributed by atoms with Crippen LogP contribution < -0.4 is 10.6 Å². The lowest BCUT2D eigenvalue weighted by Gasteiger charge is -2.12. The number of H-pyrrole nitrogens is 1. The van der Waals surface area contributed by atoms with Crippen molar-refractivity contribution in [2.24, 2.45) is 4.99 Å². The third kappa shape index (κ3) is 6.10. The molecule has 0 saturated heterocycles. The second kappa shape index (κ2) is 9.95. The summed E-state index contributed by atoms with van der Waals surface area (Å²) >= 11 is 0. The fourth-order valence-electron chi connectivity index (χ4n) is 2.72. The number of furan rings is 1. The average Bonchev–Trinajstić information content (AvgIpc) is 3.39. The SMILES string of the molecule is CCNC(=NCCc1nc(-c2ccco2)n[nH]1)NCCc1ccc(C(F)(F)F)cc1. The molecule has 0 bridgehead atoms. The van der Waals surface area contributed by atoms with Gasteiger partial charge in [-0.25, -0.2) is 4.98 Å². The maximum absolute atomic E-state index is 12.6. The molecule has 0 amide bonds. The molecule has 30 heavy (non-hydrogen) atoms. The van der Waals surface area contributed by atoms with Gasteiger partial charge >= 0.3 is 6.18 Å². The Balaban J connectivity index is 1.47. The Kier molecular flexibility index (Phi) is 7.10. The minimum atomic E-state index is -4.32. The molecule has 0 atom stereocenters. The first-order chi connectivity index (χ1) is 14.5. The van der Waals surface area contributed by atoms with Crippen molar-refractivity contribution in [2.75, 3.05) is 19.6 Å². The molecule has 1 aromatic carbocycles. The highest BCUT2D eigenvalue weighted by Gasteiger charge is 2.29. The monoisotopic (exact) mass is 420 g/mol. The topological polar surface area (TPSA) is 91.1 Å². The molecule has 3 N–H and O–H groups in total. The van der Waals surface area contributed by atoms with Gasteiger partial charge in [-0.15, -0.1) is 0 Å². The summed E-state index contributed by atoms with van der Waals surface area (Å²) in [5, 5.41) is 13.3. The molecule has 0 aliphatic heterocycles. The van der Waals surface area contributed by atoms with E-state index >= 15 is 0 Å². The molecular formula is C20H23F3N6O. The molecule has 10 heteroatoms. The first-order valence-electron chi connectivity index (χ1n) is 9.59. The van der Waals surface area contributed by atoms with Gasteiger partial charge in [-0.3, -0.25) is 10.1 Å². The number of alkyl halides is 3. The third-order valence-corrected chi connectivity index (χ3v) is 4.22. The van der Waals surface area contributed by atoms with Crippen LogP contribution in [0.5, 0.6) is 0 Å². The number of benzene rings is 1. The fraction of sp³-hybridized carbons (Fsp3) is 0.350. The number of aromatic amines is 1. The molecule has 0 saturated carbocycles. The van der Waals surface area contributed by atoms with Gasteiger partial charge in [-0.05, 0) is 43.2 Å². The Morgan fingerprint density at radius 2 is 1.93 bits per heavy atom. The highest BCUT2D eigenvalue weighted by Crippen LogP contribution is 2.29. The summed E-state index contributed by atoms with van der Waals surface area (Å²) in [7, 11) is 0. The van der Waals surface area contributed by atoms with Crippen molar-refractivity contribution in [2.45, 2.75) is 25.9 Å². The standard InChI is InChI=1S/C20H23F3N6O/c1-2-24-19(25-11-9-14-5-7-15(8-6-14)20(21,22)23)26-12-10-17-27-18(29-28-17)16-4-3-13-30-16/h3-8,13H,2,9-12H2,1H3,(H2,24,25,26)(H,27,28,29). The third-order valence-electron chi connectivity index (χ3n) is 4.22. The zero-order valence-corrected chi connectivity index (χ0v) is 16.5. The van der Waals surface area contributed by atoms with Gasteiger partial charge < -0.3 is 15.1 Å². The smallest absolute Gasteiger partial charge is 0.416 e. The van der Waals surface area contributed by atoms with Crippen LogP contribution in [-0.4, -0.2) is 40.8 Å². The van der Waals surface area contributed by atoms with Crippen LogP contribution >= 0.6 is 0 Å². The molecule has 160 valence electrons. The van der Waals surface area contributed by atoms with E-state index in [9.17, 15) is 13.2 Å². The predicted octanol–water partition coefficient (Wildman–Crippen LogP) is 3.42. The first kappa shape index (κ1) is 21.4. The Labute approximate surface area is 171 Å². The highest BCUT2D eigenvalue weighted by molar-refractivity contribution is 5.79. The lowest BCUT2D eigenvalue weighted by Crippen LogP contribution is -2.38. The number of hydrogen-bond donors (Lipinski definition) is 3. The van der Waals surface area contributed by atoms with Gasteiger partial charge in [0, 0.05) is 26.1 Å². The number of hydrogen-bond acceptors (Lipinski definition) is 4. The first-order valence-corrected chi connectivity index (χ1v) is 9.59. The van der Waals surface area contributed by atoms with Crippen LogP contribution in [-0.2, 0) is 19.0 Å². The molecule has 0 spiro atoms. The molecule has 3 aromatic rings. The number of guanidine groups is 1. The van der Waals surface area contributed by atoms with Crippen LogP contribution in [0.3, 0.4) is 0 Å². The molecule has 3 rings (SSSR count). The van der Waals surface area contributed by atoms with Crippen LogP contribution in [0.2, 0.25) is 0 Å². The van der Waals surface area contributed by atoms with Crippen LogP contribution in [0.25, 0.3) is 11.6 Å². The summed E-state index contributed by atoms with van der Waals surface area (Å²) in [5.74, 6) is 2.43. The Hall–Kier alpha value is -3.30. The minimum absolute atomic E-state index is 0.488. The van der Waals surface area contributed by atoms with Gasteiger partial charge in [-0.1, -0.05) is 12.1 Å². The summed E-state index contributed by atoms with van der Waals surface area (Å²) in [6.07, 6.45) is -1.60. The fourth-order valence-corrected chi connectivity index (χ4v) is 2.72. The summed E-state index contributed by atoms with van der Waals surface area (Å²) in [6.45, 7) is 3.68. The number of rotatable bonds is 8. The van der Waals surface area contributed by atoms with Gasteiger partial charge in [0.05, 0.1) is 11.8 Å². The Morgan fingerprint density at radius 3 is 2.60 bits per heavy atom. The van der Waals surface area contributed by atoms with Crippen LogP contribution in [0, 0.1) is 0 Å². The van der Waals surface area contributed by atoms with Gasteiger partial charge in [0.15, 0.2) is 11.7 Å². The van der Waals surface area contributed by atoms with Crippen molar-refractivity contribution < 1.29 is 17.6 Å². The second-order valence-corrected chi connectivity index (χ2v) is 6.47. The number of halogens is 3. The van der Waals surface area contributed by atoms with Crippen LogP contribution in [0.4, 0.5) is 13.2 Å². The molecular weight excluding hydrogens is 397 g/mol. The molecule has 0 fully saturated rings. The Bertz CT molecular complexity index is 932. The lowest BCUT2D eigenvalue weighted by molar-refractivity contribution is -0.137. The van der Waals surface area contributed by atoms with Crippen molar-refractivity contribution in [1.29, 1.82) is 0 Å². The van der Waals surface area contributed by atoms with Gasteiger partial charge in [0.25, 0.3) is 0 Å². The van der Waals surface area contributed by atoms with E-state index in [0.29, 0.717) is 55.8 Å². The molecule has 2 heterocycles. The van der Waals surface area contributed by atoms with Gasteiger partial charge in [-0.2, -0.15) is 18.3 Å². The molecule has 2 aromatic heterocycles. The van der Waals surface area contributed by atoms with Crippen molar-refractivity contribution in [3.63, 3.8) is 0 Å². The van der Waals surface area contributed by atoms with E-state index in [4.69, 9.17) is 4.42 Å². The van der Waals surface area contributed by atoms with Crippen molar-refractivity contribution in [1.82, 2.24) is 25.8 Å². The van der Waals surface area contributed by atoms with Crippen molar-refractivity contribution >= 4 is 5.96 Å². The largest absolute Gasteiger partial charge is 0.461 e. The predicted molar refractivity (Wildman–Crippen MR) is 107 cm³/mol. The quantitative estimate of drug-likeness (QED) is 0.384. The molecule has 0 aliphatic rings. The van der Waals surface area contributed by atoms with E-state index in [1.54, 1.807) is 18.4 Å². The van der Waals surface area contributed by atoms with E-state index in [-0.39, 0.29) is 0 Å². The summed E-state index contributed by atoms with van der Waals surface area (Å²) in [4.78, 5) is 8.86. The number of nitrogens with one attached hydrogen (secondary N) is 3. The maximum atomic E-state index is 12.6. The van der Waals surface area contributed by atoms with Gasteiger partial charge in [0.2, 0.25) is 5.82 Å². The summed E-state index contributed by atoms with van der Waals surface area (Å²) in [6, 6.07) is 8.75. The number of nitrogens with zero attached hydrogens (tertiary/aromatic N) is 3.